The number of piperidine rings is 1. The summed E-state index contributed by atoms with van der Waals surface area (Å²) in [4.78, 5) is 14.8. The van der Waals surface area contributed by atoms with Gasteiger partial charge in [0.2, 0.25) is 0 Å². The fraction of sp³-hybridized carbons (Fsp3) is 0.368. The van der Waals surface area contributed by atoms with Gasteiger partial charge in [-0.1, -0.05) is 19.1 Å². The highest BCUT2D eigenvalue weighted by atomic mass is 16.2. The van der Waals surface area contributed by atoms with Gasteiger partial charge in [-0.15, -0.1) is 10.2 Å². The molecule has 6 heteroatoms. The van der Waals surface area contributed by atoms with E-state index in [0.717, 1.165) is 54.7 Å². The Kier molecular flexibility index (Phi) is 4.17. The first-order valence-corrected chi connectivity index (χ1v) is 8.86. The fourth-order valence-electron chi connectivity index (χ4n) is 3.36. The van der Waals surface area contributed by atoms with Gasteiger partial charge in [-0.2, -0.15) is 9.61 Å². The van der Waals surface area contributed by atoms with Crippen molar-refractivity contribution in [2.45, 2.75) is 32.6 Å². The third kappa shape index (κ3) is 2.99. The van der Waals surface area contributed by atoms with Crippen LogP contribution in [0.2, 0.25) is 0 Å². The molecule has 6 nitrogen and oxygen atoms in total. The number of likely N-dealkylation sites (tertiary alicyclic amines) is 1. The van der Waals surface area contributed by atoms with Gasteiger partial charge in [0.1, 0.15) is 6.33 Å². The number of carbonyl (C=O) groups is 1. The number of nitrogens with zero attached hydrogens (tertiary/aromatic N) is 5. The van der Waals surface area contributed by atoms with Crippen molar-refractivity contribution in [3.63, 3.8) is 0 Å². The summed E-state index contributed by atoms with van der Waals surface area (Å²) in [6.07, 6.45) is 5.84. The van der Waals surface area contributed by atoms with Crippen LogP contribution < -0.4 is 0 Å². The second-order valence-corrected chi connectivity index (χ2v) is 6.44. The number of carbonyl (C=O) groups excluding carboxylic acids is 1. The van der Waals surface area contributed by atoms with E-state index < -0.39 is 0 Å². The molecule has 3 aromatic rings. The van der Waals surface area contributed by atoms with E-state index in [1.54, 1.807) is 10.8 Å². The molecule has 1 amide bonds. The van der Waals surface area contributed by atoms with E-state index in [1.807, 2.05) is 35.2 Å². The number of aromatic nitrogens is 4. The molecule has 1 aliphatic heterocycles. The van der Waals surface area contributed by atoms with Gasteiger partial charge in [0.05, 0.1) is 5.69 Å². The first-order valence-electron chi connectivity index (χ1n) is 8.86. The summed E-state index contributed by atoms with van der Waals surface area (Å²) >= 11 is 0. The summed E-state index contributed by atoms with van der Waals surface area (Å²) in [5.41, 5.74) is 4.33. The summed E-state index contributed by atoms with van der Waals surface area (Å²) in [7, 11) is 0. The summed E-state index contributed by atoms with van der Waals surface area (Å²) < 4.78 is 1.70. The predicted molar refractivity (Wildman–Crippen MR) is 95.4 cm³/mol. The van der Waals surface area contributed by atoms with Gasteiger partial charge in [0.25, 0.3) is 5.91 Å². The van der Waals surface area contributed by atoms with Crippen LogP contribution >= 0.6 is 0 Å². The molecule has 1 aromatic carbocycles. The highest BCUT2D eigenvalue weighted by molar-refractivity contribution is 5.96. The third-order valence-corrected chi connectivity index (χ3v) is 4.74. The van der Waals surface area contributed by atoms with Gasteiger partial charge < -0.3 is 4.90 Å². The highest BCUT2D eigenvalue weighted by Crippen LogP contribution is 2.25. The van der Waals surface area contributed by atoms with Crippen LogP contribution in [-0.2, 0) is 6.42 Å². The number of aryl methyl sites for hydroxylation is 1. The largest absolute Gasteiger partial charge is 0.339 e. The normalized spacial score (nSPS) is 14.8. The quantitative estimate of drug-likeness (QED) is 0.738. The number of fused-ring (bicyclic) bond motifs is 1. The van der Waals surface area contributed by atoms with Crippen LogP contribution in [0.4, 0.5) is 0 Å². The maximum absolute atomic E-state index is 12.8. The van der Waals surface area contributed by atoms with Crippen molar-refractivity contribution in [2.75, 3.05) is 13.1 Å². The topological polar surface area (TPSA) is 63.4 Å². The van der Waals surface area contributed by atoms with Crippen molar-refractivity contribution in [3.05, 3.63) is 47.9 Å². The van der Waals surface area contributed by atoms with Crippen LogP contribution in [0.3, 0.4) is 0 Å². The Labute approximate surface area is 146 Å². The lowest BCUT2D eigenvalue weighted by Gasteiger charge is -2.26. The van der Waals surface area contributed by atoms with Gasteiger partial charge in [-0.05, 0) is 49.4 Å². The molecule has 3 heterocycles. The fourth-order valence-corrected chi connectivity index (χ4v) is 3.36. The molecule has 0 N–H and O–H groups in total. The molecule has 0 atom stereocenters. The molecule has 128 valence electrons. The van der Waals surface area contributed by atoms with Crippen molar-refractivity contribution < 1.29 is 4.79 Å². The Morgan fingerprint density at radius 3 is 2.80 bits per heavy atom. The molecule has 0 spiro atoms. The van der Waals surface area contributed by atoms with Gasteiger partial charge in [-0.3, -0.25) is 4.79 Å². The Hall–Kier alpha value is -2.76. The average molecular weight is 335 g/mol. The van der Waals surface area contributed by atoms with E-state index in [1.165, 1.54) is 6.42 Å². The summed E-state index contributed by atoms with van der Waals surface area (Å²) in [5, 5.41) is 12.6. The third-order valence-electron chi connectivity index (χ3n) is 4.74. The molecule has 25 heavy (non-hydrogen) atoms. The van der Waals surface area contributed by atoms with E-state index in [2.05, 4.69) is 22.2 Å². The first kappa shape index (κ1) is 15.7. The van der Waals surface area contributed by atoms with Gasteiger partial charge in [-0.25, -0.2) is 0 Å². The van der Waals surface area contributed by atoms with Gasteiger partial charge in [0.15, 0.2) is 5.65 Å². The number of hydrogen-bond donors (Lipinski definition) is 0. The zero-order chi connectivity index (χ0) is 17.2. The van der Waals surface area contributed by atoms with Crippen LogP contribution in [0.15, 0.2) is 36.7 Å². The summed E-state index contributed by atoms with van der Waals surface area (Å²) in [5.74, 6) is 0.115. The molecule has 2 aromatic heterocycles. The molecule has 0 saturated carbocycles. The van der Waals surface area contributed by atoms with Crippen molar-refractivity contribution in [3.8, 4) is 11.1 Å². The molecule has 1 saturated heterocycles. The lowest BCUT2D eigenvalue weighted by molar-refractivity contribution is 0.0724. The number of benzene rings is 1. The number of amides is 1. The maximum atomic E-state index is 12.8. The smallest absolute Gasteiger partial charge is 0.253 e. The Morgan fingerprint density at radius 1 is 1.16 bits per heavy atom. The van der Waals surface area contributed by atoms with Crippen molar-refractivity contribution in [1.82, 2.24) is 24.7 Å². The molecule has 4 rings (SSSR count). The van der Waals surface area contributed by atoms with Crippen molar-refractivity contribution in [1.29, 1.82) is 0 Å². The van der Waals surface area contributed by atoms with E-state index in [4.69, 9.17) is 0 Å². The van der Waals surface area contributed by atoms with Crippen molar-refractivity contribution in [2.24, 2.45) is 0 Å². The summed E-state index contributed by atoms with van der Waals surface area (Å²) in [6, 6.07) is 9.83. The SMILES string of the molecule is CCc1cc(-c2cccc(C(=O)N3CCCCC3)c2)c2nncn2n1. The monoisotopic (exact) mass is 335 g/mol. The zero-order valence-electron chi connectivity index (χ0n) is 14.4. The highest BCUT2D eigenvalue weighted by Gasteiger charge is 2.19. The Bertz CT molecular complexity index is 911. The maximum Gasteiger partial charge on any atom is 0.253 e. The van der Waals surface area contributed by atoms with Crippen LogP contribution in [0.5, 0.6) is 0 Å². The van der Waals surface area contributed by atoms with Crippen LogP contribution in [-0.4, -0.2) is 43.7 Å². The second kappa shape index (κ2) is 6.63. The second-order valence-electron chi connectivity index (χ2n) is 6.44. The van der Waals surface area contributed by atoms with E-state index in [-0.39, 0.29) is 5.91 Å². The van der Waals surface area contributed by atoms with E-state index in [9.17, 15) is 4.79 Å². The molecular formula is C19H21N5O. The molecule has 0 aliphatic carbocycles. The lowest BCUT2D eigenvalue weighted by atomic mass is 10.0. The van der Waals surface area contributed by atoms with Crippen LogP contribution in [0.25, 0.3) is 16.8 Å². The summed E-state index contributed by atoms with van der Waals surface area (Å²) in [6.45, 7) is 3.78. The zero-order valence-corrected chi connectivity index (χ0v) is 14.4. The Morgan fingerprint density at radius 2 is 2.00 bits per heavy atom. The Balaban J connectivity index is 1.74. The minimum Gasteiger partial charge on any atom is -0.339 e. The van der Waals surface area contributed by atoms with Crippen LogP contribution in [0, 0.1) is 0 Å². The molecular weight excluding hydrogens is 314 g/mol. The molecule has 1 fully saturated rings. The van der Waals surface area contributed by atoms with Crippen molar-refractivity contribution >= 4 is 11.6 Å². The molecule has 0 bridgehead atoms. The minimum atomic E-state index is 0.115. The average Bonchev–Trinajstić information content (AvgIpc) is 3.16. The molecule has 1 aliphatic rings. The van der Waals surface area contributed by atoms with Crippen LogP contribution in [0.1, 0.15) is 42.2 Å². The van der Waals surface area contributed by atoms with E-state index in [0.29, 0.717) is 5.65 Å². The van der Waals surface area contributed by atoms with E-state index >= 15 is 0 Å². The predicted octanol–water partition coefficient (Wildman–Crippen LogP) is 2.98. The standard InChI is InChI=1S/C19H21N5O/c1-2-16-12-17(18-21-20-13-24(18)22-16)14-7-6-8-15(11-14)19(25)23-9-4-3-5-10-23/h6-8,11-13H,2-5,9-10H2,1H3. The number of hydrogen-bond acceptors (Lipinski definition) is 4. The van der Waals surface area contributed by atoms with Gasteiger partial charge >= 0.3 is 0 Å². The first-order chi connectivity index (χ1) is 12.3. The minimum absolute atomic E-state index is 0.115. The molecule has 0 unspecified atom stereocenters. The number of rotatable bonds is 3. The van der Waals surface area contributed by atoms with Gasteiger partial charge in [0, 0.05) is 24.2 Å². The lowest BCUT2D eigenvalue weighted by Crippen LogP contribution is -2.35. The molecule has 0 radical (unpaired) electrons.